The Balaban J connectivity index is 1.94. The number of piperidine rings is 1. The van der Waals surface area contributed by atoms with Crippen molar-refractivity contribution in [1.82, 2.24) is 9.97 Å². The van der Waals surface area contributed by atoms with E-state index in [9.17, 15) is 18.7 Å². The molecule has 28 heavy (non-hydrogen) atoms. The fourth-order valence-electron chi connectivity index (χ4n) is 3.63. The molecule has 1 aromatic heterocycles. The standard InChI is InChI=1S/C21H19F2N3O2/c1-12-4-2-3-9-26(12)20-19(13-5-7-15(22)16(23)10-13)24-17-8-6-14(21(27)28)11-18(17)25-20/h5-8,10-12H,2-4,9H2,1H3,(H,27,28)/t12-/m0/s1. The first-order valence-corrected chi connectivity index (χ1v) is 9.21. The van der Waals surface area contributed by atoms with Gasteiger partial charge in [0, 0.05) is 18.2 Å². The summed E-state index contributed by atoms with van der Waals surface area (Å²) in [6.45, 7) is 2.87. The minimum Gasteiger partial charge on any atom is -0.478 e. The first-order chi connectivity index (χ1) is 13.4. The molecule has 0 amide bonds. The zero-order valence-electron chi connectivity index (χ0n) is 15.3. The molecular formula is C21H19F2N3O2. The molecule has 1 atom stereocenters. The van der Waals surface area contributed by atoms with Crippen LogP contribution in [-0.2, 0) is 0 Å². The summed E-state index contributed by atoms with van der Waals surface area (Å²) in [6.07, 6.45) is 3.10. The molecule has 0 aliphatic carbocycles. The number of hydrogen-bond acceptors (Lipinski definition) is 4. The highest BCUT2D eigenvalue weighted by Gasteiger charge is 2.25. The van der Waals surface area contributed by atoms with Crippen LogP contribution in [0.4, 0.5) is 14.6 Å². The van der Waals surface area contributed by atoms with Crippen LogP contribution >= 0.6 is 0 Å². The second kappa shape index (κ2) is 7.14. The number of carbonyl (C=O) groups is 1. The van der Waals surface area contributed by atoms with Gasteiger partial charge < -0.3 is 10.0 Å². The Kier molecular flexibility index (Phi) is 4.66. The predicted molar refractivity (Wildman–Crippen MR) is 103 cm³/mol. The monoisotopic (exact) mass is 383 g/mol. The van der Waals surface area contributed by atoms with Gasteiger partial charge in [0.25, 0.3) is 0 Å². The number of aromatic nitrogens is 2. The molecular weight excluding hydrogens is 364 g/mol. The number of fused-ring (bicyclic) bond motifs is 1. The molecule has 1 aliphatic heterocycles. The van der Waals surface area contributed by atoms with E-state index in [-0.39, 0.29) is 11.6 Å². The van der Waals surface area contributed by atoms with E-state index in [1.807, 2.05) is 0 Å². The van der Waals surface area contributed by atoms with E-state index in [0.717, 1.165) is 37.9 Å². The molecule has 0 saturated carbocycles. The van der Waals surface area contributed by atoms with Crippen LogP contribution in [0.5, 0.6) is 0 Å². The van der Waals surface area contributed by atoms with Crippen molar-refractivity contribution in [3.63, 3.8) is 0 Å². The SMILES string of the molecule is C[C@H]1CCCCN1c1nc2cc(C(=O)O)ccc2nc1-c1ccc(F)c(F)c1. The predicted octanol–water partition coefficient (Wildman–Crippen LogP) is 4.65. The van der Waals surface area contributed by atoms with Crippen LogP contribution in [0, 0.1) is 11.6 Å². The molecule has 0 spiro atoms. The summed E-state index contributed by atoms with van der Waals surface area (Å²) in [4.78, 5) is 22.8. The molecule has 1 saturated heterocycles. The lowest BCUT2D eigenvalue weighted by Crippen LogP contribution is -2.38. The Morgan fingerprint density at radius 2 is 1.89 bits per heavy atom. The van der Waals surface area contributed by atoms with E-state index in [1.165, 1.54) is 18.2 Å². The van der Waals surface area contributed by atoms with Crippen LogP contribution in [0.15, 0.2) is 36.4 Å². The van der Waals surface area contributed by atoms with Gasteiger partial charge in [-0.05, 0) is 62.6 Å². The van der Waals surface area contributed by atoms with Gasteiger partial charge in [-0.15, -0.1) is 0 Å². The first-order valence-electron chi connectivity index (χ1n) is 9.21. The van der Waals surface area contributed by atoms with Crippen molar-refractivity contribution in [2.24, 2.45) is 0 Å². The van der Waals surface area contributed by atoms with E-state index >= 15 is 0 Å². The highest BCUT2D eigenvalue weighted by Crippen LogP contribution is 2.34. The van der Waals surface area contributed by atoms with Crippen LogP contribution in [0.2, 0.25) is 0 Å². The largest absolute Gasteiger partial charge is 0.478 e. The molecule has 1 N–H and O–H groups in total. The fraction of sp³-hybridized carbons (Fsp3) is 0.286. The summed E-state index contributed by atoms with van der Waals surface area (Å²) in [5.74, 6) is -2.34. The zero-order chi connectivity index (χ0) is 19.8. The van der Waals surface area contributed by atoms with Gasteiger partial charge in [0.15, 0.2) is 17.5 Å². The first kappa shape index (κ1) is 18.3. The van der Waals surface area contributed by atoms with Gasteiger partial charge in [0.05, 0.1) is 16.6 Å². The highest BCUT2D eigenvalue weighted by atomic mass is 19.2. The minimum atomic E-state index is -1.04. The summed E-state index contributed by atoms with van der Waals surface area (Å²) in [5.41, 5.74) is 1.98. The second-order valence-corrected chi connectivity index (χ2v) is 7.07. The third-order valence-electron chi connectivity index (χ3n) is 5.16. The van der Waals surface area contributed by atoms with Crippen LogP contribution in [0.1, 0.15) is 36.5 Å². The second-order valence-electron chi connectivity index (χ2n) is 7.07. The van der Waals surface area contributed by atoms with E-state index < -0.39 is 17.6 Å². The molecule has 4 rings (SSSR count). The maximum atomic E-state index is 13.9. The summed E-state index contributed by atoms with van der Waals surface area (Å²) >= 11 is 0. The number of anilines is 1. The third-order valence-corrected chi connectivity index (χ3v) is 5.16. The van der Waals surface area contributed by atoms with Crippen LogP contribution < -0.4 is 4.90 Å². The minimum absolute atomic E-state index is 0.125. The van der Waals surface area contributed by atoms with E-state index in [1.54, 1.807) is 6.07 Å². The van der Waals surface area contributed by atoms with Gasteiger partial charge in [0.1, 0.15) is 5.69 Å². The topological polar surface area (TPSA) is 66.3 Å². The average molecular weight is 383 g/mol. The molecule has 1 fully saturated rings. The molecule has 0 bridgehead atoms. The number of benzene rings is 2. The average Bonchev–Trinajstić information content (AvgIpc) is 2.69. The van der Waals surface area contributed by atoms with Gasteiger partial charge >= 0.3 is 5.97 Å². The fourth-order valence-corrected chi connectivity index (χ4v) is 3.63. The van der Waals surface area contributed by atoms with Gasteiger partial charge in [-0.25, -0.2) is 23.5 Å². The summed E-state index contributed by atoms with van der Waals surface area (Å²) in [5, 5.41) is 9.26. The normalized spacial score (nSPS) is 17.1. The molecule has 2 heterocycles. The van der Waals surface area contributed by atoms with Crippen LogP contribution in [0.3, 0.4) is 0 Å². The summed E-state index contributed by atoms with van der Waals surface area (Å²) in [7, 11) is 0. The van der Waals surface area contributed by atoms with E-state index in [2.05, 4.69) is 16.8 Å². The van der Waals surface area contributed by atoms with Crippen LogP contribution in [-0.4, -0.2) is 33.6 Å². The Hall–Kier alpha value is -3.09. The molecule has 0 unspecified atom stereocenters. The molecule has 0 radical (unpaired) electrons. The highest BCUT2D eigenvalue weighted by molar-refractivity contribution is 5.93. The Labute approximate surface area is 160 Å². The van der Waals surface area contributed by atoms with Gasteiger partial charge in [-0.3, -0.25) is 0 Å². The molecule has 7 heteroatoms. The number of aromatic carboxylic acids is 1. The van der Waals surface area contributed by atoms with Crippen molar-refractivity contribution in [3.8, 4) is 11.3 Å². The molecule has 144 valence electrons. The summed E-state index contributed by atoms with van der Waals surface area (Å²) < 4.78 is 27.3. The number of carboxylic acids is 1. The molecule has 3 aromatic rings. The van der Waals surface area contributed by atoms with Crippen molar-refractivity contribution < 1.29 is 18.7 Å². The number of rotatable bonds is 3. The molecule has 2 aromatic carbocycles. The van der Waals surface area contributed by atoms with Crippen molar-refractivity contribution in [1.29, 1.82) is 0 Å². The lowest BCUT2D eigenvalue weighted by Gasteiger charge is -2.35. The lowest BCUT2D eigenvalue weighted by atomic mass is 10.0. The number of nitrogens with zero attached hydrogens (tertiary/aromatic N) is 3. The smallest absolute Gasteiger partial charge is 0.335 e. The molecule has 5 nitrogen and oxygen atoms in total. The van der Waals surface area contributed by atoms with E-state index in [0.29, 0.717) is 28.1 Å². The van der Waals surface area contributed by atoms with Crippen molar-refractivity contribution >= 4 is 22.8 Å². The Morgan fingerprint density at radius 3 is 2.61 bits per heavy atom. The number of halogens is 2. The van der Waals surface area contributed by atoms with Gasteiger partial charge in [-0.1, -0.05) is 0 Å². The molecule has 1 aliphatic rings. The van der Waals surface area contributed by atoms with Crippen LogP contribution in [0.25, 0.3) is 22.3 Å². The van der Waals surface area contributed by atoms with Crippen molar-refractivity contribution in [2.45, 2.75) is 32.2 Å². The quantitative estimate of drug-likeness (QED) is 0.713. The number of hydrogen-bond donors (Lipinski definition) is 1. The maximum absolute atomic E-state index is 13.9. The van der Waals surface area contributed by atoms with Crippen molar-refractivity contribution in [3.05, 3.63) is 53.6 Å². The Morgan fingerprint density at radius 1 is 1.07 bits per heavy atom. The van der Waals surface area contributed by atoms with Gasteiger partial charge in [0.2, 0.25) is 0 Å². The van der Waals surface area contributed by atoms with Crippen molar-refractivity contribution in [2.75, 3.05) is 11.4 Å². The lowest BCUT2D eigenvalue weighted by molar-refractivity contribution is 0.0697. The van der Waals surface area contributed by atoms with E-state index in [4.69, 9.17) is 4.98 Å². The maximum Gasteiger partial charge on any atom is 0.335 e. The summed E-state index contributed by atoms with van der Waals surface area (Å²) in [6, 6.07) is 8.42. The zero-order valence-corrected chi connectivity index (χ0v) is 15.3. The third kappa shape index (κ3) is 3.28. The Bertz CT molecular complexity index is 1070. The number of carboxylic acid groups (broad SMARTS) is 1. The van der Waals surface area contributed by atoms with Gasteiger partial charge in [-0.2, -0.15) is 0 Å².